The van der Waals surface area contributed by atoms with Crippen molar-refractivity contribution >= 4 is 21.8 Å². The van der Waals surface area contributed by atoms with Gasteiger partial charge in [0.1, 0.15) is 0 Å². The van der Waals surface area contributed by atoms with Crippen LogP contribution in [-0.4, -0.2) is 4.57 Å². The SMILES string of the molecule is CC1(C)c2ccccc2-c2ccc(-c3ccc4c(c3)c3cc(-c5ccc6c(c5)C(C)(C)c5ccccc5-6)cc5c3n4-c3ccccc3C5(C)C)cc21. The fourth-order valence-corrected chi connectivity index (χ4v) is 10.3. The van der Waals surface area contributed by atoms with E-state index in [0.717, 1.165) is 0 Å². The van der Waals surface area contributed by atoms with E-state index in [1.807, 2.05) is 0 Å². The molecule has 0 spiro atoms. The molecule has 0 N–H and O–H groups in total. The molecule has 0 saturated carbocycles. The monoisotopic (exact) mass is 667 g/mol. The van der Waals surface area contributed by atoms with Gasteiger partial charge in [-0.2, -0.15) is 0 Å². The number of fused-ring (bicyclic) bond motifs is 11. The van der Waals surface area contributed by atoms with Crippen LogP contribution in [-0.2, 0) is 16.2 Å². The Morgan fingerprint density at radius 2 is 0.788 bits per heavy atom. The molecule has 1 aliphatic heterocycles. The van der Waals surface area contributed by atoms with Crippen LogP contribution in [0, 0.1) is 0 Å². The van der Waals surface area contributed by atoms with Crippen LogP contribution >= 0.6 is 0 Å². The molecule has 0 fully saturated rings. The summed E-state index contributed by atoms with van der Waals surface area (Å²) in [6, 6.07) is 53.3. The van der Waals surface area contributed by atoms with Crippen molar-refractivity contribution in [3.05, 3.63) is 173 Å². The largest absolute Gasteiger partial charge is 0.309 e. The third-order valence-corrected chi connectivity index (χ3v) is 13.2. The van der Waals surface area contributed by atoms with Gasteiger partial charge < -0.3 is 4.57 Å². The lowest BCUT2D eigenvalue weighted by molar-refractivity contribution is 0.630. The minimum Gasteiger partial charge on any atom is -0.309 e. The van der Waals surface area contributed by atoms with Gasteiger partial charge >= 0.3 is 0 Å². The van der Waals surface area contributed by atoms with Crippen LogP contribution in [0.25, 0.3) is 72.0 Å². The van der Waals surface area contributed by atoms with Gasteiger partial charge in [0.15, 0.2) is 0 Å². The number of hydrogen-bond acceptors (Lipinski definition) is 0. The molecule has 8 aromatic rings. The second-order valence-corrected chi connectivity index (χ2v) is 17.0. The van der Waals surface area contributed by atoms with Crippen LogP contribution in [0.15, 0.2) is 140 Å². The maximum Gasteiger partial charge on any atom is 0.0582 e. The van der Waals surface area contributed by atoms with E-state index >= 15 is 0 Å². The molecular weight excluding hydrogens is 627 g/mol. The van der Waals surface area contributed by atoms with Crippen LogP contribution in [0.3, 0.4) is 0 Å². The van der Waals surface area contributed by atoms with Crippen molar-refractivity contribution in [2.24, 2.45) is 0 Å². The van der Waals surface area contributed by atoms with Gasteiger partial charge in [-0.3, -0.25) is 0 Å². The van der Waals surface area contributed by atoms with Gasteiger partial charge in [0.25, 0.3) is 0 Å². The second-order valence-electron chi connectivity index (χ2n) is 17.0. The van der Waals surface area contributed by atoms with Gasteiger partial charge in [0.2, 0.25) is 0 Å². The predicted molar refractivity (Wildman–Crippen MR) is 219 cm³/mol. The number of hydrogen-bond donors (Lipinski definition) is 0. The Balaban J connectivity index is 1.15. The summed E-state index contributed by atoms with van der Waals surface area (Å²) in [6.45, 7) is 14.3. The van der Waals surface area contributed by atoms with Gasteiger partial charge in [-0.25, -0.2) is 0 Å². The zero-order valence-corrected chi connectivity index (χ0v) is 30.7. The van der Waals surface area contributed by atoms with E-state index in [2.05, 4.69) is 186 Å². The standard InChI is InChI=1S/C51H41N/c1-49(2)40-15-9-7-13-34(40)36-22-19-31(27-43(36)49)30-21-24-46-38(25-30)39-26-33(29-45-48(39)52(46)47-18-12-11-17-42(47)51(45,5)6)32-20-23-37-35-14-8-10-16-41(35)50(3,4)44(37)28-32/h7-29H,1-6H3. The smallest absolute Gasteiger partial charge is 0.0582 e. The minimum absolute atomic E-state index is 0.0360. The molecule has 0 bridgehead atoms. The number of aromatic nitrogens is 1. The molecule has 250 valence electrons. The Morgan fingerprint density at radius 1 is 0.346 bits per heavy atom. The van der Waals surface area contributed by atoms with E-state index in [1.54, 1.807) is 0 Å². The topological polar surface area (TPSA) is 4.93 Å². The van der Waals surface area contributed by atoms with Crippen LogP contribution in [0.4, 0.5) is 0 Å². The molecule has 1 nitrogen and oxygen atoms in total. The quantitative estimate of drug-likeness (QED) is 0.173. The third kappa shape index (κ3) is 3.68. The maximum atomic E-state index is 2.54. The van der Waals surface area contributed by atoms with Crippen molar-refractivity contribution in [3.8, 4) is 50.2 Å². The summed E-state index contributed by atoms with van der Waals surface area (Å²) in [5, 5.41) is 2.63. The first kappa shape index (κ1) is 30.0. The highest BCUT2D eigenvalue weighted by molar-refractivity contribution is 6.14. The molecule has 11 rings (SSSR count). The van der Waals surface area contributed by atoms with Crippen LogP contribution in [0.5, 0.6) is 0 Å². The number of nitrogens with zero attached hydrogens (tertiary/aromatic N) is 1. The molecule has 1 aromatic heterocycles. The van der Waals surface area contributed by atoms with E-state index in [0.29, 0.717) is 0 Å². The van der Waals surface area contributed by atoms with Crippen LogP contribution in [0.2, 0.25) is 0 Å². The zero-order valence-electron chi connectivity index (χ0n) is 30.7. The Morgan fingerprint density at radius 3 is 1.42 bits per heavy atom. The highest BCUT2D eigenvalue weighted by Crippen LogP contribution is 2.53. The fraction of sp³-hybridized carbons (Fsp3) is 0.176. The normalized spacial score (nSPS) is 16.3. The molecule has 7 aromatic carbocycles. The third-order valence-electron chi connectivity index (χ3n) is 13.2. The first-order valence-corrected chi connectivity index (χ1v) is 18.8. The van der Waals surface area contributed by atoms with Gasteiger partial charge in [0.05, 0.1) is 16.7 Å². The van der Waals surface area contributed by atoms with E-state index < -0.39 is 0 Å². The second kappa shape index (κ2) is 9.81. The minimum atomic E-state index is -0.162. The number of para-hydroxylation sites is 1. The molecule has 52 heavy (non-hydrogen) atoms. The first-order valence-electron chi connectivity index (χ1n) is 18.8. The fourth-order valence-electron chi connectivity index (χ4n) is 10.3. The van der Waals surface area contributed by atoms with Crippen molar-refractivity contribution in [1.29, 1.82) is 0 Å². The highest BCUT2D eigenvalue weighted by atomic mass is 15.0. The predicted octanol–water partition coefficient (Wildman–Crippen LogP) is 13.4. The van der Waals surface area contributed by atoms with Crippen molar-refractivity contribution in [1.82, 2.24) is 4.57 Å². The zero-order chi connectivity index (χ0) is 35.3. The number of benzene rings is 7. The Bertz CT molecular complexity index is 2870. The molecule has 0 saturated heterocycles. The van der Waals surface area contributed by atoms with Gasteiger partial charge in [-0.05, 0) is 120 Å². The molecule has 0 amide bonds. The van der Waals surface area contributed by atoms with E-state index in [-0.39, 0.29) is 16.2 Å². The Labute approximate surface area is 306 Å². The lowest BCUT2D eigenvalue weighted by Crippen LogP contribution is -2.26. The van der Waals surface area contributed by atoms with Crippen LogP contribution < -0.4 is 0 Å². The average Bonchev–Trinajstić information content (AvgIpc) is 3.70. The highest BCUT2D eigenvalue weighted by Gasteiger charge is 2.38. The average molecular weight is 668 g/mol. The van der Waals surface area contributed by atoms with Crippen molar-refractivity contribution in [3.63, 3.8) is 0 Å². The summed E-state index contributed by atoms with van der Waals surface area (Å²) < 4.78 is 2.54. The summed E-state index contributed by atoms with van der Waals surface area (Å²) in [7, 11) is 0. The molecule has 0 atom stereocenters. The lowest BCUT2D eigenvalue weighted by Gasteiger charge is -2.35. The van der Waals surface area contributed by atoms with Gasteiger partial charge in [0, 0.05) is 27.0 Å². The molecule has 0 unspecified atom stereocenters. The summed E-state index contributed by atoms with van der Waals surface area (Å²) in [5.74, 6) is 0. The molecule has 2 heterocycles. The molecule has 1 heteroatoms. The summed E-state index contributed by atoms with van der Waals surface area (Å²) in [4.78, 5) is 0. The lowest BCUT2D eigenvalue weighted by atomic mass is 9.74. The summed E-state index contributed by atoms with van der Waals surface area (Å²) in [5.41, 5.74) is 22.6. The first-order chi connectivity index (χ1) is 25.0. The van der Waals surface area contributed by atoms with E-state index in [9.17, 15) is 0 Å². The maximum absolute atomic E-state index is 2.54. The van der Waals surface area contributed by atoms with Gasteiger partial charge in [-0.1, -0.05) is 139 Å². The molecular formula is C51H41N. The molecule has 0 radical (unpaired) electrons. The Kier molecular flexibility index (Phi) is 5.66. The van der Waals surface area contributed by atoms with Crippen molar-refractivity contribution < 1.29 is 0 Å². The molecule has 2 aliphatic carbocycles. The van der Waals surface area contributed by atoms with Gasteiger partial charge in [-0.15, -0.1) is 0 Å². The van der Waals surface area contributed by atoms with Crippen molar-refractivity contribution in [2.75, 3.05) is 0 Å². The number of rotatable bonds is 2. The van der Waals surface area contributed by atoms with E-state index in [1.165, 1.54) is 105 Å². The van der Waals surface area contributed by atoms with E-state index in [4.69, 9.17) is 0 Å². The summed E-state index contributed by atoms with van der Waals surface area (Å²) in [6.07, 6.45) is 0. The summed E-state index contributed by atoms with van der Waals surface area (Å²) >= 11 is 0. The Hall–Kier alpha value is -5.66. The molecule has 3 aliphatic rings. The van der Waals surface area contributed by atoms with Crippen LogP contribution in [0.1, 0.15) is 74.9 Å². The van der Waals surface area contributed by atoms with Crippen molar-refractivity contribution in [2.45, 2.75) is 57.8 Å².